The first-order chi connectivity index (χ1) is 15.0. The number of carbonyl (C=O) groups is 1. The van der Waals surface area contributed by atoms with E-state index in [9.17, 15) is 13.2 Å². The number of amides is 1. The van der Waals surface area contributed by atoms with Crippen LogP contribution < -0.4 is 0 Å². The third-order valence-corrected chi connectivity index (χ3v) is 8.30. The number of carbonyl (C=O) groups excluding carboxylic acids is 1. The van der Waals surface area contributed by atoms with Crippen LogP contribution in [0.1, 0.15) is 44.7 Å². The van der Waals surface area contributed by atoms with Crippen LogP contribution in [0.25, 0.3) is 0 Å². The third-order valence-electron chi connectivity index (χ3n) is 6.24. The van der Waals surface area contributed by atoms with Gasteiger partial charge in [0.1, 0.15) is 5.60 Å². The summed E-state index contributed by atoms with van der Waals surface area (Å²) in [6.07, 6.45) is 1.04. The number of hydrogen-bond acceptors (Lipinski definition) is 4. The molecule has 32 heavy (non-hydrogen) atoms. The van der Waals surface area contributed by atoms with E-state index < -0.39 is 15.6 Å². The van der Waals surface area contributed by atoms with Crippen molar-refractivity contribution in [2.45, 2.75) is 56.1 Å². The van der Waals surface area contributed by atoms with Gasteiger partial charge in [-0.25, -0.2) is 13.2 Å². The van der Waals surface area contributed by atoms with E-state index in [2.05, 4.69) is 6.07 Å². The minimum atomic E-state index is -3.68. The predicted octanol–water partition coefficient (Wildman–Crippen LogP) is 4.81. The number of sulfonamides is 1. The molecule has 2 aliphatic rings. The molecule has 0 atom stereocenters. The van der Waals surface area contributed by atoms with Gasteiger partial charge in [0.15, 0.2) is 0 Å². The molecule has 0 unspecified atom stereocenters. The van der Waals surface area contributed by atoms with Crippen LogP contribution in [0.3, 0.4) is 0 Å². The largest absolute Gasteiger partial charge is 0.444 e. The van der Waals surface area contributed by atoms with Gasteiger partial charge in [0, 0.05) is 36.6 Å². The molecule has 8 heteroatoms. The van der Waals surface area contributed by atoms with Gasteiger partial charge in [0.05, 0.1) is 4.90 Å². The average Bonchev–Trinajstić information content (AvgIpc) is 2.73. The monoisotopic (exact) mass is 476 g/mol. The van der Waals surface area contributed by atoms with Gasteiger partial charge in [-0.2, -0.15) is 4.31 Å². The minimum Gasteiger partial charge on any atom is -0.444 e. The highest BCUT2D eigenvalue weighted by molar-refractivity contribution is 7.89. The quantitative estimate of drug-likeness (QED) is 0.623. The molecule has 0 N–H and O–H groups in total. The van der Waals surface area contributed by atoms with Gasteiger partial charge in [-0.05, 0) is 69.0 Å². The Labute approximate surface area is 195 Å². The smallest absolute Gasteiger partial charge is 0.410 e. The third kappa shape index (κ3) is 4.51. The molecule has 6 nitrogen and oxygen atoms in total. The molecule has 0 aromatic heterocycles. The van der Waals surface area contributed by atoms with Crippen molar-refractivity contribution in [2.75, 3.05) is 19.6 Å². The van der Waals surface area contributed by atoms with Crippen LogP contribution in [-0.2, 0) is 26.7 Å². The van der Waals surface area contributed by atoms with E-state index >= 15 is 0 Å². The molecule has 2 aromatic carbocycles. The van der Waals surface area contributed by atoms with Gasteiger partial charge in [-0.1, -0.05) is 35.9 Å². The summed E-state index contributed by atoms with van der Waals surface area (Å²) >= 11 is 5.96. The molecule has 1 spiro atoms. The summed E-state index contributed by atoms with van der Waals surface area (Å²) in [5, 5.41) is 0.499. The molecule has 172 valence electrons. The molecule has 1 fully saturated rings. The van der Waals surface area contributed by atoms with E-state index in [4.69, 9.17) is 16.3 Å². The highest BCUT2D eigenvalue weighted by Gasteiger charge is 2.46. The molecule has 2 aliphatic heterocycles. The van der Waals surface area contributed by atoms with E-state index in [0.717, 1.165) is 5.56 Å². The molecular formula is C24H29ClN2O4S. The second-order valence-electron chi connectivity index (χ2n) is 9.63. The Hall–Kier alpha value is -2.09. The first-order valence-corrected chi connectivity index (χ1v) is 12.6. The van der Waals surface area contributed by atoms with Gasteiger partial charge in [0.2, 0.25) is 10.0 Å². The van der Waals surface area contributed by atoms with Crippen molar-refractivity contribution in [1.82, 2.24) is 9.21 Å². The second kappa shape index (κ2) is 8.36. The molecule has 2 heterocycles. The highest BCUT2D eigenvalue weighted by atomic mass is 35.5. The molecule has 0 radical (unpaired) electrons. The number of benzene rings is 2. The maximum atomic E-state index is 13.5. The molecule has 1 amide bonds. The van der Waals surface area contributed by atoms with Crippen LogP contribution in [0.4, 0.5) is 4.79 Å². The first-order valence-electron chi connectivity index (χ1n) is 10.8. The molecule has 0 saturated carbocycles. The van der Waals surface area contributed by atoms with Crippen molar-refractivity contribution in [3.05, 3.63) is 64.7 Å². The summed E-state index contributed by atoms with van der Waals surface area (Å²) in [5.74, 6) is 0. The number of hydrogen-bond donors (Lipinski definition) is 0. The SMILES string of the molecule is CC(C)(C)OC(=O)N1CCC2(CC1)CN(S(=O)(=O)c1ccc(Cl)cc1)Cc1ccccc12. The standard InChI is InChI=1S/C24H29ClN2O4S/c1-23(2,3)31-22(28)26-14-12-24(13-15-26)17-27(16-18-6-4-5-7-21(18)24)32(29,30)20-10-8-19(25)9-11-20/h4-11H,12-17H2,1-3H3. The summed E-state index contributed by atoms with van der Waals surface area (Å²) in [6.45, 7) is 7.33. The van der Waals surface area contributed by atoms with Gasteiger partial charge in [0.25, 0.3) is 0 Å². The van der Waals surface area contributed by atoms with E-state index in [0.29, 0.717) is 44.0 Å². The molecule has 1 saturated heterocycles. The van der Waals surface area contributed by atoms with Crippen LogP contribution in [0, 0.1) is 0 Å². The fourth-order valence-electron chi connectivity index (χ4n) is 4.64. The number of rotatable bonds is 2. The van der Waals surface area contributed by atoms with Gasteiger partial charge >= 0.3 is 6.09 Å². The summed E-state index contributed by atoms with van der Waals surface area (Å²) < 4.78 is 34.0. The van der Waals surface area contributed by atoms with E-state index in [-0.39, 0.29) is 16.4 Å². The number of piperidine rings is 1. The van der Waals surface area contributed by atoms with Crippen LogP contribution in [0.2, 0.25) is 5.02 Å². The number of likely N-dealkylation sites (tertiary alicyclic amines) is 1. The number of ether oxygens (including phenoxy) is 1. The maximum absolute atomic E-state index is 13.5. The summed E-state index contributed by atoms with van der Waals surface area (Å²) in [7, 11) is -3.68. The van der Waals surface area contributed by atoms with Crippen LogP contribution in [0.15, 0.2) is 53.4 Å². The summed E-state index contributed by atoms with van der Waals surface area (Å²) in [5.41, 5.74) is 1.31. The van der Waals surface area contributed by atoms with Gasteiger partial charge in [-0.15, -0.1) is 0 Å². The molecule has 2 aromatic rings. The molecular weight excluding hydrogens is 448 g/mol. The van der Waals surface area contributed by atoms with Crippen molar-refractivity contribution in [2.24, 2.45) is 0 Å². The lowest BCUT2D eigenvalue weighted by Crippen LogP contribution is -2.54. The van der Waals surface area contributed by atoms with Crippen LogP contribution in [-0.4, -0.2) is 49.0 Å². The Morgan fingerprint density at radius 3 is 2.28 bits per heavy atom. The summed E-state index contributed by atoms with van der Waals surface area (Å²) in [6, 6.07) is 14.4. The van der Waals surface area contributed by atoms with Crippen LogP contribution >= 0.6 is 11.6 Å². The lowest BCUT2D eigenvalue weighted by molar-refractivity contribution is 0.0146. The Balaban J connectivity index is 1.61. The number of halogens is 1. The second-order valence-corrected chi connectivity index (χ2v) is 12.0. The molecule has 0 bridgehead atoms. The average molecular weight is 477 g/mol. The fourth-order valence-corrected chi connectivity index (χ4v) is 6.27. The Morgan fingerprint density at radius 2 is 1.66 bits per heavy atom. The Morgan fingerprint density at radius 1 is 1.03 bits per heavy atom. The lowest BCUT2D eigenvalue weighted by Gasteiger charge is -2.48. The molecule has 4 rings (SSSR count). The van der Waals surface area contributed by atoms with Crippen molar-refractivity contribution >= 4 is 27.7 Å². The van der Waals surface area contributed by atoms with Gasteiger partial charge < -0.3 is 9.64 Å². The maximum Gasteiger partial charge on any atom is 0.410 e. The highest BCUT2D eigenvalue weighted by Crippen LogP contribution is 2.43. The topological polar surface area (TPSA) is 66.9 Å². The van der Waals surface area contributed by atoms with Crippen LogP contribution in [0.5, 0.6) is 0 Å². The number of nitrogens with zero attached hydrogens (tertiary/aromatic N) is 2. The normalized spacial score (nSPS) is 18.9. The zero-order valence-corrected chi connectivity index (χ0v) is 20.2. The number of fused-ring (bicyclic) bond motifs is 2. The lowest BCUT2D eigenvalue weighted by atomic mass is 9.69. The van der Waals surface area contributed by atoms with Gasteiger partial charge in [-0.3, -0.25) is 0 Å². The fraction of sp³-hybridized carbons (Fsp3) is 0.458. The van der Waals surface area contributed by atoms with Crippen molar-refractivity contribution in [3.63, 3.8) is 0 Å². The molecule has 0 aliphatic carbocycles. The Kier molecular flexibility index (Phi) is 6.03. The summed E-state index contributed by atoms with van der Waals surface area (Å²) in [4.78, 5) is 14.5. The zero-order chi connectivity index (χ0) is 23.1. The minimum absolute atomic E-state index is 0.239. The van der Waals surface area contributed by atoms with E-state index in [1.807, 2.05) is 39.0 Å². The Bertz CT molecular complexity index is 1100. The van der Waals surface area contributed by atoms with Crippen molar-refractivity contribution in [3.8, 4) is 0 Å². The van der Waals surface area contributed by atoms with Crippen molar-refractivity contribution in [1.29, 1.82) is 0 Å². The first kappa shape index (κ1) is 23.1. The van der Waals surface area contributed by atoms with E-state index in [1.54, 1.807) is 33.5 Å². The van der Waals surface area contributed by atoms with Crippen molar-refractivity contribution < 1.29 is 17.9 Å². The van der Waals surface area contributed by atoms with E-state index in [1.165, 1.54) is 5.56 Å². The predicted molar refractivity (Wildman–Crippen MR) is 124 cm³/mol. The zero-order valence-electron chi connectivity index (χ0n) is 18.7.